The summed E-state index contributed by atoms with van der Waals surface area (Å²) in [6.45, 7) is 0.224. The number of aliphatic hydroxyl groups excluding tert-OH is 1. The number of aryl methyl sites for hydroxylation is 1. The summed E-state index contributed by atoms with van der Waals surface area (Å²) in [5, 5.41) is 9.00. The van der Waals surface area contributed by atoms with E-state index in [0.717, 1.165) is 25.0 Å². The zero-order valence-electron chi connectivity index (χ0n) is 11.3. The summed E-state index contributed by atoms with van der Waals surface area (Å²) in [4.78, 5) is 0. The third-order valence-electron chi connectivity index (χ3n) is 3.26. The molecule has 0 aliphatic carbocycles. The molecule has 0 amide bonds. The minimum absolute atomic E-state index is 0.224. The molecular weight excluding hydrogens is 236 g/mol. The highest BCUT2D eigenvalue weighted by Crippen LogP contribution is 2.21. The molecule has 0 radical (unpaired) electrons. The van der Waals surface area contributed by atoms with Crippen molar-refractivity contribution in [3.05, 3.63) is 65.2 Å². The van der Waals surface area contributed by atoms with Gasteiger partial charge in [0.25, 0.3) is 0 Å². The van der Waals surface area contributed by atoms with Crippen LogP contribution in [-0.4, -0.2) is 18.8 Å². The standard InChI is InChI=1S/C17H20O2/c1-19-17-10-9-16(15(13-17)8-5-11-18)12-14-6-3-2-4-7-14/h2-4,6-7,9-10,13,18H,5,8,11-12H2,1H3. The van der Waals surface area contributed by atoms with Crippen LogP contribution in [0.2, 0.25) is 0 Å². The number of hydrogen-bond acceptors (Lipinski definition) is 2. The van der Waals surface area contributed by atoms with Crippen LogP contribution in [0.4, 0.5) is 0 Å². The summed E-state index contributed by atoms with van der Waals surface area (Å²) >= 11 is 0. The molecular formula is C17H20O2. The number of benzene rings is 2. The molecule has 100 valence electrons. The van der Waals surface area contributed by atoms with Crippen LogP contribution < -0.4 is 4.74 Å². The molecule has 2 rings (SSSR count). The number of aliphatic hydroxyl groups is 1. The van der Waals surface area contributed by atoms with Crippen molar-refractivity contribution < 1.29 is 9.84 Å². The zero-order chi connectivity index (χ0) is 13.5. The number of methoxy groups -OCH3 is 1. The van der Waals surface area contributed by atoms with Gasteiger partial charge in [0.05, 0.1) is 7.11 Å². The fourth-order valence-electron chi connectivity index (χ4n) is 2.22. The van der Waals surface area contributed by atoms with E-state index in [1.165, 1.54) is 16.7 Å². The molecule has 2 nitrogen and oxygen atoms in total. The lowest BCUT2D eigenvalue weighted by molar-refractivity contribution is 0.288. The van der Waals surface area contributed by atoms with Gasteiger partial charge < -0.3 is 9.84 Å². The number of rotatable bonds is 6. The molecule has 0 bridgehead atoms. The Balaban J connectivity index is 2.22. The molecule has 2 aromatic rings. The molecule has 0 aromatic heterocycles. The Labute approximate surface area is 114 Å². The van der Waals surface area contributed by atoms with Gasteiger partial charge >= 0.3 is 0 Å². The summed E-state index contributed by atoms with van der Waals surface area (Å²) in [5.41, 5.74) is 3.87. The Morgan fingerprint density at radius 2 is 1.79 bits per heavy atom. The van der Waals surface area contributed by atoms with E-state index >= 15 is 0 Å². The third-order valence-corrected chi connectivity index (χ3v) is 3.26. The maximum absolute atomic E-state index is 9.00. The van der Waals surface area contributed by atoms with Crippen molar-refractivity contribution in [3.8, 4) is 5.75 Å². The predicted molar refractivity (Wildman–Crippen MR) is 77.6 cm³/mol. The predicted octanol–water partition coefficient (Wildman–Crippen LogP) is 3.21. The molecule has 1 N–H and O–H groups in total. The Bertz CT molecular complexity index is 506. The van der Waals surface area contributed by atoms with Crippen molar-refractivity contribution in [1.82, 2.24) is 0 Å². The average Bonchev–Trinajstić information content (AvgIpc) is 2.47. The largest absolute Gasteiger partial charge is 0.497 e. The molecule has 0 atom stereocenters. The van der Waals surface area contributed by atoms with Gasteiger partial charge in [0.2, 0.25) is 0 Å². The highest BCUT2D eigenvalue weighted by Gasteiger charge is 2.05. The molecule has 0 spiro atoms. The van der Waals surface area contributed by atoms with Gasteiger partial charge in [0.15, 0.2) is 0 Å². The fourth-order valence-corrected chi connectivity index (χ4v) is 2.22. The van der Waals surface area contributed by atoms with E-state index in [9.17, 15) is 0 Å². The highest BCUT2D eigenvalue weighted by molar-refractivity contribution is 5.38. The van der Waals surface area contributed by atoms with E-state index in [-0.39, 0.29) is 6.61 Å². The topological polar surface area (TPSA) is 29.5 Å². The minimum Gasteiger partial charge on any atom is -0.497 e. The van der Waals surface area contributed by atoms with Gasteiger partial charge in [0, 0.05) is 6.61 Å². The summed E-state index contributed by atoms with van der Waals surface area (Å²) < 4.78 is 5.28. The van der Waals surface area contributed by atoms with Crippen LogP contribution in [0.15, 0.2) is 48.5 Å². The van der Waals surface area contributed by atoms with Gasteiger partial charge in [-0.25, -0.2) is 0 Å². The average molecular weight is 256 g/mol. The van der Waals surface area contributed by atoms with Crippen molar-refractivity contribution in [2.24, 2.45) is 0 Å². The van der Waals surface area contributed by atoms with Gasteiger partial charge in [-0.3, -0.25) is 0 Å². The smallest absolute Gasteiger partial charge is 0.119 e. The van der Waals surface area contributed by atoms with Gasteiger partial charge in [0.1, 0.15) is 5.75 Å². The van der Waals surface area contributed by atoms with Crippen LogP contribution >= 0.6 is 0 Å². The molecule has 0 aliphatic rings. The first-order chi connectivity index (χ1) is 9.33. The molecule has 0 saturated carbocycles. The first kappa shape index (κ1) is 13.6. The van der Waals surface area contributed by atoms with Crippen LogP contribution in [0, 0.1) is 0 Å². The summed E-state index contributed by atoms with van der Waals surface area (Å²) in [7, 11) is 1.68. The van der Waals surface area contributed by atoms with Gasteiger partial charge in [-0.05, 0) is 48.1 Å². The normalized spacial score (nSPS) is 10.4. The molecule has 0 saturated heterocycles. The molecule has 0 aliphatic heterocycles. The van der Waals surface area contributed by atoms with Gasteiger partial charge in [-0.1, -0.05) is 36.4 Å². The minimum atomic E-state index is 0.224. The Morgan fingerprint density at radius 3 is 2.47 bits per heavy atom. The molecule has 0 fully saturated rings. The van der Waals surface area contributed by atoms with Crippen LogP contribution in [0.3, 0.4) is 0 Å². The van der Waals surface area contributed by atoms with E-state index in [2.05, 4.69) is 36.4 Å². The second kappa shape index (κ2) is 6.95. The maximum atomic E-state index is 9.00. The van der Waals surface area contributed by atoms with Crippen molar-refractivity contribution in [3.63, 3.8) is 0 Å². The van der Waals surface area contributed by atoms with E-state index in [1.54, 1.807) is 7.11 Å². The molecule has 0 unspecified atom stereocenters. The molecule has 2 aromatic carbocycles. The number of hydrogen-bond donors (Lipinski definition) is 1. The first-order valence-electron chi connectivity index (χ1n) is 6.64. The Morgan fingerprint density at radius 1 is 1.00 bits per heavy atom. The van der Waals surface area contributed by atoms with Gasteiger partial charge in [-0.15, -0.1) is 0 Å². The van der Waals surface area contributed by atoms with Crippen molar-refractivity contribution >= 4 is 0 Å². The van der Waals surface area contributed by atoms with Crippen LogP contribution in [0.25, 0.3) is 0 Å². The first-order valence-corrected chi connectivity index (χ1v) is 6.64. The zero-order valence-corrected chi connectivity index (χ0v) is 11.3. The van der Waals surface area contributed by atoms with Gasteiger partial charge in [-0.2, -0.15) is 0 Å². The van der Waals surface area contributed by atoms with Crippen molar-refractivity contribution in [1.29, 1.82) is 0 Å². The summed E-state index contributed by atoms with van der Waals surface area (Å²) in [6, 6.07) is 16.6. The lowest BCUT2D eigenvalue weighted by atomic mass is 9.97. The quantitative estimate of drug-likeness (QED) is 0.860. The third kappa shape index (κ3) is 3.83. The van der Waals surface area contributed by atoms with Crippen LogP contribution in [0.5, 0.6) is 5.75 Å². The summed E-state index contributed by atoms with van der Waals surface area (Å²) in [6.07, 6.45) is 2.59. The monoisotopic (exact) mass is 256 g/mol. The maximum Gasteiger partial charge on any atom is 0.119 e. The highest BCUT2D eigenvalue weighted by atomic mass is 16.5. The number of ether oxygens (including phenoxy) is 1. The molecule has 19 heavy (non-hydrogen) atoms. The Kier molecular flexibility index (Phi) is 4.99. The lowest BCUT2D eigenvalue weighted by Gasteiger charge is -2.11. The van der Waals surface area contributed by atoms with Crippen molar-refractivity contribution in [2.75, 3.05) is 13.7 Å². The second-order valence-corrected chi connectivity index (χ2v) is 4.62. The van der Waals surface area contributed by atoms with Crippen LogP contribution in [-0.2, 0) is 12.8 Å². The Hall–Kier alpha value is -1.80. The molecule has 0 heterocycles. The van der Waals surface area contributed by atoms with E-state index < -0.39 is 0 Å². The van der Waals surface area contributed by atoms with Crippen LogP contribution in [0.1, 0.15) is 23.1 Å². The van der Waals surface area contributed by atoms with E-state index in [4.69, 9.17) is 9.84 Å². The van der Waals surface area contributed by atoms with E-state index in [1.807, 2.05) is 12.1 Å². The lowest BCUT2D eigenvalue weighted by Crippen LogP contribution is -1.99. The fraction of sp³-hybridized carbons (Fsp3) is 0.294. The SMILES string of the molecule is COc1ccc(Cc2ccccc2)c(CCCO)c1. The summed E-state index contributed by atoms with van der Waals surface area (Å²) in [5.74, 6) is 0.879. The second-order valence-electron chi connectivity index (χ2n) is 4.62. The van der Waals surface area contributed by atoms with Crippen molar-refractivity contribution in [2.45, 2.75) is 19.3 Å². The molecule has 2 heteroatoms. The van der Waals surface area contributed by atoms with E-state index in [0.29, 0.717) is 0 Å².